The van der Waals surface area contributed by atoms with Crippen LogP contribution in [0.25, 0.3) is 54.9 Å². The highest BCUT2D eigenvalue weighted by Gasteiger charge is 2.22. The largest absolute Gasteiger partial charge is 0.377 e. The molecule has 1 nitrogen and oxygen atoms in total. The van der Waals surface area contributed by atoms with E-state index in [1.807, 2.05) is 0 Å². The van der Waals surface area contributed by atoms with Gasteiger partial charge in [-0.3, -0.25) is 0 Å². The van der Waals surface area contributed by atoms with Gasteiger partial charge in [0.15, 0.2) is 0 Å². The zero-order chi connectivity index (χ0) is 26.9. The maximum Gasteiger partial charge on any atom is 0.0722 e. The second kappa shape index (κ2) is 10.5. The number of benzene rings is 6. The summed E-state index contributed by atoms with van der Waals surface area (Å²) < 4.78 is 6.02. The summed E-state index contributed by atoms with van der Waals surface area (Å²) in [5.41, 5.74) is 12.6. The molecule has 39 heavy (non-hydrogen) atoms. The molecule has 0 aliphatic heterocycles. The molecule has 0 aromatic heterocycles. The van der Waals surface area contributed by atoms with Crippen molar-refractivity contribution in [2.24, 2.45) is 0 Å². The summed E-state index contributed by atoms with van der Waals surface area (Å²) in [7, 11) is 0. The Morgan fingerprint density at radius 3 is 1.85 bits per heavy atom. The minimum atomic E-state index is 0.588. The van der Waals surface area contributed by atoms with Gasteiger partial charge in [0.05, 0.1) is 6.61 Å². The van der Waals surface area contributed by atoms with Crippen molar-refractivity contribution in [3.05, 3.63) is 131 Å². The Labute approximate surface area is 231 Å². The maximum atomic E-state index is 6.02. The molecule has 0 aliphatic carbocycles. The van der Waals surface area contributed by atoms with Crippen LogP contribution in [0.1, 0.15) is 29.2 Å². The molecule has 6 rings (SSSR count). The first kappa shape index (κ1) is 25.1. The van der Waals surface area contributed by atoms with Gasteiger partial charge in [0.1, 0.15) is 0 Å². The molecule has 0 aliphatic rings. The second-order valence-electron chi connectivity index (χ2n) is 10.5. The van der Waals surface area contributed by atoms with Crippen LogP contribution in [0, 0.1) is 20.8 Å². The lowest BCUT2D eigenvalue weighted by atomic mass is 9.80. The molecule has 0 bridgehead atoms. The van der Waals surface area contributed by atoms with Crippen LogP contribution in [0.4, 0.5) is 0 Å². The van der Waals surface area contributed by atoms with Crippen molar-refractivity contribution in [2.75, 3.05) is 6.61 Å². The molecule has 0 heterocycles. The molecule has 0 atom stereocenters. The van der Waals surface area contributed by atoms with Crippen molar-refractivity contribution in [3.8, 4) is 33.4 Å². The highest BCUT2D eigenvalue weighted by molar-refractivity contribution is 6.14. The molecule has 0 radical (unpaired) electrons. The van der Waals surface area contributed by atoms with Gasteiger partial charge in [0.2, 0.25) is 0 Å². The van der Waals surface area contributed by atoms with E-state index in [9.17, 15) is 0 Å². The van der Waals surface area contributed by atoms with Gasteiger partial charge in [-0.25, -0.2) is 0 Å². The standard InChI is InChI=1S/C38H34O/c1-5-39-24-31-20-25(2)18-19-34(31)38-35-22-29-15-9-8-14-28(29)21-30(35)23-36(32-16-10-6-12-26(32)3)37(38)33-17-11-7-13-27(33)4/h6-23H,5,24H2,1-4H3. The molecule has 0 saturated carbocycles. The summed E-state index contributed by atoms with van der Waals surface area (Å²) in [6, 6.07) is 40.2. The van der Waals surface area contributed by atoms with Crippen molar-refractivity contribution in [3.63, 3.8) is 0 Å². The van der Waals surface area contributed by atoms with Crippen LogP contribution in [-0.4, -0.2) is 6.61 Å². The number of rotatable bonds is 6. The molecule has 6 aromatic rings. The van der Waals surface area contributed by atoms with Crippen LogP contribution < -0.4 is 0 Å². The van der Waals surface area contributed by atoms with E-state index in [0.717, 1.165) is 0 Å². The second-order valence-corrected chi connectivity index (χ2v) is 10.5. The summed E-state index contributed by atoms with van der Waals surface area (Å²) >= 11 is 0. The fraction of sp³-hybridized carbons (Fsp3) is 0.158. The van der Waals surface area contributed by atoms with Crippen molar-refractivity contribution >= 4 is 21.5 Å². The molecule has 0 saturated heterocycles. The average molecular weight is 507 g/mol. The highest BCUT2D eigenvalue weighted by Crippen LogP contribution is 2.48. The number of hydrogen-bond donors (Lipinski definition) is 0. The average Bonchev–Trinajstić information content (AvgIpc) is 2.95. The van der Waals surface area contributed by atoms with Crippen molar-refractivity contribution < 1.29 is 4.74 Å². The van der Waals surface area contributed by atoms with Gasteiger partial charge in [-0.15, -0.1) is 0 Å². The summed E-state index contributed by atoms with van der Waals surface area (Å²) in [5.74, 6) is 0. The Morgan fingerprint density at radius 2 is 1.15 bits per heavy atom. The monoisotopic (exact) mass is 506 g/mol. The first-order valence-corrected chi connectivity index (χ1v) is 13.8. The Kier molecular flexibility index (Phi) is 6.77. The van der Waals surface area contributed by atoms with Crippen LogP contribution in [0.15, 0.2) is 109 Å². The molecular formula is C38H34O. The fourth-order valence-electron chi connectivity index (χ4n) is 5.89. The van der Waals surface area contributed by atoms with E-state index in [0.29, 0.717) is 13.2 Å². The lowest BCUT2D eigenvalue weighted by Crippen LogP contribution is -2.00. The van der Waals surface area contributed by atoms with Gasteiger partial charge in [-0.2, -0.15) is 0 Å². The number of aryl methyl sites for hydroxylation is 3. The molecule has 1 heteroatoms. The van der Waals surface area contributed by atoms with Crippen molar-refractivity contribution in [1.82, 2.24) is 0 Å². The molecule has 0 unspecified atom stereocenters. The molecule has 0 spiro atoms. The van der Waals surface area contributed by atoms with Gasteiger partial charge in [0.25, 0.3) is 0 Å². The maximum absolute atomic E-state index is 6.02. The van der Waals surface area contributed by atoms with E-state index in [-0.39, 0.29) is 0 Å². The summed E-state index contributed by atoms with van der Waals surface area (Å²) in [4.78, 5) is 0. The van der Waals surface area contributed by atoms with Crippen LogP contribution in [0.5, 0.6) is 0 Å². The number of hydrogen-bond acceptors (Lipinski definition) is 1. The molecule has 6 aromatic carbocycles. The first-order valence-electron chi connectivity index (χ1n) is 13.8. The minimum Gasteiger partial charge on any atom is -0.377 e. The van der Waals surface area contributed by atoms with E-state index in [4.69, 9.17) is 4.74 Å². The predicted molar refractivity (Wildman–Crippen MR) is 167 cm³/mol. The Balaban J connectivity index is 1.85. The molecule has 0 fully saturated rings. The smallest absolute Gasteiger partial charge is 0.0722 e. The lowest BCUT2D eigenvalue weighted by Gasteiger charge is -2.23. The zero-order valence-corrected chi connectivity index (χ0v) is 23.2. The SMILES string of the molecule is CCOCc1cc(C)ccc1-c1c(-c2ccccc2C)c(-c2ccccc2C)cc2cc3ccccc3cc12. The fourth-order valence-corrected chi connectivity index (χ4v) is 5.89. The van der Waals surface area contributed by atoms with Gasteiger partial charge in [-0.05, 0) is 118 Å². The minimum absolute atomic E-state index is 0.588. The van der Waals surface area contributed by atoms with Crippen LogP contribution in [0.2, 0.25) is 0 Å². The predicted octanol–water partition coefficient (Wildman–Crippen LogP) is 10.5. The van der Waals surface area contributed by atoms with E-state index in [1.54, 1.807) is 0 Å². The summed E-state index contributed by atoms with van der Waals surface area (Å²) in [5, 5.41) is 5.03. The van der Waals surface area contributed by atoms with Crippen LogP contribution in [0.3, 0.4) is 0 Å². The van der Waals surface area contributed by atoms with Crippen molar-refractivity contribution in [2.45, 2.75) is 34.3 Å². The quantitative estimate of drug-likeness (QED) is 0.204. The number of ether oxygens (including phenoxy) is 1. The van der Waals surface area contributed by atoms with Gasteiger partial charge in [0, 0.05) is 6.61 Å². The van der Waals surface area contributed by atoms with Crippen molar-refractivity contribution in [1.29, 1.82) is 0 Å². The summed E-state index contributed by atoms with van der Waals surface area (Å²) in [6.07, 6.45) is 0. The third-order valence-electron chi connectivity index (χ3n) is 7.85. The lowest BCUT2D eigenvalue weighted by molar-refractivity contribution is 0.134. The van der Waals surface area contributed by atoms with E-state index in [1.165, 1.54) is 77.2 Å². The third-order valence-corrected chi connectivity index (χ3v) is 7.85. The molecular weight excluding hydrogens is 472 g/mol. The Morgan fingerprint density at radius 1 is 0.513 bits per heavy atom. The normalized spacial score (nSPS) is 11.4. The van der Waals surface area contributed by atoms with Gasteiger partial charge >= 0.3 is 0 Å². The Hall–Kier alpha value is -4.20. The topological polar surface area (TPSA) is 9.23 Å². The van der Waals surface area contributed by atoms with Crippen LogP contribution >= 0.6 is 0 Å². The third kappa shape index (κ3) is 4.64. The van der Waals surface area contributed by atoms with Gasteiger partial charge in [-0.1, -0.05) is 96.6 Å². The van der Waals surface area contributed by atoms with E-state index < -0.39 is 0 Å². The van der Waals surface area contributed by atoms with Gasteiger partial charge < -0.3 is 4.74 Å². The van der Waals surface area contributed by atoms with Crippen LogP contribution in [-0.2, 0) is 11.3 Å². The molecule has 192 valence electrons. The molecule has 0 N–H and O–H groups in total. The Bertz CT molecular complexity index is 1830. The summed E-state index contributed by atoms with van der Waals surface area (Å²) in [6.45, 7) is 9.94. The van der Waals surface area contributed by atoms with E-state index in [2.05, 4.69) is 137 Å². The first-order chi connectivity index (χ1) is 19.0. The number of fused-ring (bicyclic) bond motifs is 2. The zero-order valence-electron chi connectivity index (χ0n) is 23.2. The van der Waals surface area contributed by atoms with E-state index >= 15 is 0 Å². The molecule has 0 amide bonds. The highest BCUT2D eigenvalue weighted by atomic mass is 16.5.